The summed E-state index contributed by atoms with van der Waals surface area (Å²) in [4.78, 5) is 23.2. The average molecular weight is 445 g/mol. The van der Waals surface area contributed by atoms with Crippen LogP contribution in [-0.2, 0) is 21.7 Å². The highest BCUT2D eigenvalue weighted by Crippen LogP contribution is 2.56. The van der Waals surface area contributed by atoms with Crippen molar-refractivity contribution in [2.45, 2.75) is 62.9 Å². The van der Waals surface area contributed by atoms with E-state index in [1.807, 2.05) is 14.0 Å². The van der Waals surface area contributed by atoms with Crippen molar-refractivity contribution in [3.05, 3.63) is 57.8 Å². The number of nitrogens with two attached hydrogens (primary N) is 1. The zero-order valence-electron chi connectivity index (χ0n) is 19.0. The fraction of sp³-hybridized carbons (Fsp3) is 0.462. The molecule has 2 fully saturated rings. The number of pyridine rings is 1. The Morgan fingerprint density at radius 3 is 2.85 bits per heavy atom. The van der Waals surface area contributed by atoms with E-state index in [-0.39, 0.29) is 23.7 Å². The lowest BCUT2D eigenvalue weighted by atomic mass is 9.89. The van der Waals surface area contributed by atoms with Gasteiger partial charge in [0, 0.05) is 18.2 Å². The van der Waals surface area contributed by atoms with Gasteiger partial charge in [-0.15, -0.1) is 0 Å². The molecule has 1 aromatic carbocycles. The third-order valence-electron chi connectivity index (χ3n) is 8.04. The van der Waals surface area contributed by atoms with Gasteiger partial charge < -0.3 is 25.1 Å². The van der Waals surface area contributed by atoms with Crippen LogP contribution in [0.15, 0.2) is 24.3 Å². The van der Waals surface area contributed by atoms with Crippen molar-refractivity contribution in [3.8, 4) is 0 Å². The summed E-state index contributed by atoms with van der Waals surface area (Å²) in [5, 5.41) is 0. The quantitative estimate of drug-likeness (QED) is 0.623. The third-order valence-corrected chi connectivity index (χ3v) is 8.04. The van der Waals surface area contributed by atoms with Gasteiger partial charge in [-0.1, -0.05) is 18.2 Å². The summed E-state index contributed by atoms with van der Waals surface area (Å²) in [6.45, 7) is 2.96. The lowest BCUT2D eigenvalue weighted by Crippen LogP contribution is -2.39. The van der Waals surface area contributed by atoms with Crippen LogP contribution in [-0.4, -0.2) is 34.4 Å². The van der Waals surface area contributed by atoms with Gasteiger partial charge >= 0.3 is 0 Å². The zero-order chi connectivity index (χ0) is 22.5. The van der Waals surface area contributed by atoms with Crippen molar-refractivity contribution in [1.82, 2.24) is 14.9 Å². The number of carbonyl (C=O) groups excluding carboxylic acids is 1. The smallest absolute Gasteiger partial charge is 0.270 e. The number of fused-ring (bicyclic) bond motifs is 5. The minimum atomic E-state index is -0.125. The first-order valence-electron chi connectivity index (χ1n) is 11.9. The molecule has 1 amide bonds. The predicted octanol–water partition coefficient (Wildman–Crippen LogP) is 4.45. The van der Waals surface area contributed by atoms with Crippen molar-refractivity contribution < 1.29 is 14.3 Å². The molecule has 0 bridgehead atoms. The number of hydrogen-bond donors (Lipinski definition) is 2. The molecule has 0 saturated heterocycles. The highest BCUT2D eigenvalue weighted by molar-refractivity contribution is 5.98. The third kappa shape index (κ3) is 2.82. The highest BCUT2D eigenvalue weighted by atomic mass is 16.5. The maximum atomic E-state index is 13.6. The monoisotopic (exact) mass is 444 g/mol. The molecule has 2 atom stereocenters. The van der Waals surface area contributed by atoms with E-state index in [9.17, 15) is 4.79 Å². The number of nitrogens with one attached hydrogen (secondary N) is 1. The van der Waals surface area contributed by atoms with E-state index in [1.54, 1.807) is 11.0 Å². The summed E-state index contributed by atoms with van der Waals surface area (Å²) in [5.41, 5.74) is 14.0. The maximum absolute atomic E-state index is 13.6. The van der Waals surface area contributed by atoms with Crippen molar-refractivity contribution in [3.63, 3.8) is 0 Å². The van der Waals surface area contributed by atoms with E-state index in [1.165, 1.54) is 29.5 Å². The van der Waals surface area contributed by atoms with Crippen LogP contribution in [0.1, 0.15) is 89.0 Å². The first-order valence-corrected chi connectivity index (χ1v) is 11.9. The molecular formula is C26H28N4O3. The van der Waals surface area contributed by atoms with Crippen LogP contribution in [0.2, 0.25) is 0 Å². The molecule has 2 aliphatic carbocycles. The number of hydrogen-bond acceptors (Lipinski definition) is 5. The van der Waals surface area contributed by atoms with Crippen molar-refractivity contribution in [2.24, 2.45) is 0 Å². The van der Waals surface area contributed by atoms with Crippen LogP contribution in [0.4, 0.5) is 5.82 Å². The highest BCUT2D eigenvalue weighted by Gasteiger charge is 2.51. The number of H-pyrrole nitrogens is 1. The number of anilines is 1. The Morgan fingerprint density at radius 2 is 2.09 bits per heavy atom. The maximum Gasteiger partial charge on any atom is 0.270 e. The SMILES string of the molecule is C[C@H]1OCc2c1c(N)nc1cc(C(=O)N(C)[C@@H]3COC4(CC4)c4cc(C5CC5)ccc43)[nH]c21. The number of benzene rings is 1. The molecule has 2 aliphatic heterocycles. The summed E-state index contributed by atoms with van der Waals surface area (Å²) < 4.78 is 12.1. The van der Waals surface area contributed by atoms with E-state index in [0.717, 1.165) is 29.5 Å². The standard InChI is InChI=1S/C26H28N4O3/c1-13-22-17(11-32-13)23-19(29-24(22)27)10-20(28-23)25(31)30(2)21-12-33-26(7-8-26)18-9-15(14-3-4-14)5-6-16(18)21/h5-6,9-10,13-14,21,28H,3-4,7-8,11-12H2,1-2H3,(H2,27,29)/t13-,21-/m1/s1. The first-order chi connectivity index (χ1) is 15.9. The van der Waals surface area contributed by atoms with E-state index >= 15 is 0 Å². The molecule has 0 radical (unpaired) electrons. The Kier molecular flexibility index (Phi) is 3.90. The van der Waals surface area contributed by atoms with Crippen LogP contribution < -0.4 is 5.73 Å². The molecule has 1 spiro atoms. The summed E-state index contributed by atoms with van der Waals surface area (Å²) in [7, 11) is 1.86. The first kappa shape index (κ1) is 19.6. The van der Waals surface area contributed by atoms with Crippen molar-refractivity contribution in [2.75, 3.05) is 19.4 Å². The van der Waals surface area contributed by atoms with Crippen LogP contribution in [0, 0.1) is 0 Å². The van der Waals surface area contributed by atoms with Crippen LogP contribution in [0.3, 0.4) is 0 Å². The van der Waals surface area contributed by atoms with Crippen molar-refractivity contribution >= 4 is 22.8 Å². The lowest BCUT2D eigenvalue weighted by Gasteiger charge is -2.37. The molecular weight excluding hydrogens is 416 g/mol. The minimum Gasteiger partial charge on any atom is -0.383 e. The second-order valence-corrected chi connectivity index (χ2v) is 10.1. The Balaban J connectivity index is 1.24. The van der Waals surface area contributed by atoms with Gasteiger partial charge in [-0.3, -0.25) is 4.79 Å². The molecule has 3 aromatic rings. The summed E-state index contributed by atoms with van der Waals surface area (Å²) in [6.07, 6.45) is 4.61. The predicted molar refractivity (Wildman–Crippen MR) is 124 cm³/mol. The largest absolute Gasteiger partial charge is 0.383 e. The van der Waals surface area contributed by atoms with Gasteiger partial charge in [-0.25, -0.2) is 4.98 Å². The number of amides is 1. The second-order valence-electron chi connectivity index (χ2n) is 10.1. The number of aromatic nitrogens is 2. The molecule has 4 aliphatic rings. The fourth-order valence-electron chi connectivity index (χ4n) is 5.77. The summed E-state index contributed by atoms with van der Waals surface area (Å²) >= 11 is 0. The number of nitrogen functional groups attached to an aromatic ring is 1. The van der Waals surface area contributed by atoms with Gasteiger partial charge in [0.15, 0.2) is 0 Å². The molecule has 3 N–H and O–H groups in total. The molecule has 7 nitrogen and oxygen atoms in total. The fourth-order valence-corrected chi connectivity index (χ4v) is 5.77. The average Bonchev–Trinajstić information content (AvgIpc) is 3.73. The number of likely N-dealkylation sites (N-methyl/N-ethyl adjacent to an activating group) is 1. The van der Waals surface area contributed by atoms with Gasteiger partial charge in [0.1, 0.15) is 11.5 Å². The molecule has 7 rings (SSSR count). The van der Waals surface area contributed by atoms with Crippen LogP contribution >= 0.6 is 0 Å². The Labute approximate surface area is 192 Å². The molecule has 0 unspecified atom stereocenters. The van der Waals surface area contributed by atoms with E-state index < -0.39 is 0 Å². The van der Waals surface area contributed by atoms with Gasteiger partial charge in [0.2, 0.25) is 0 Å². The summed E-state index contributed by atoms with van der Waals surface area (Å²) in [6, 6.07) is 8.52. The van der Waals surface area contributed by atoms with E-state index in [2.05, 4.69) is 28.2 Å². The van der Waals surface area contributed by atoms with Crippen LogP contribution in [0.5, 0.6) is 0 Å². The number of aromatic amines is 1. The Morgan fingerprint density at radius 1 is 1.27 bits per heavy atom. The van der Waals surface area contributed by atoms with E-state index in [0.29, 0.717) is 36.2 Å². The topological polar surface area (TPSA) is 93.5 Å². The lowest BCUT2D eigenvalue weighted by molar-refractivity contribution is -0.0208. The van der Waals surface area contributed by atoms with Gasteiger partial charge in [0.25, 0.3) is 5.91 Å². The zero-order valence-corrected chi connectivity index (χ0v) is 19.0. The number of ether oxygens (including phenoxy) is 2. The number of rotatable bonds is 3. The van der Waals surface area contributed by atoms with Gasteiger partial charge in [0.05, 0.1) is 42.0 Å². The molecule has 33 heavy (non-hydrogen) atoms. The normalized spacial score (nSPS) is 24.7. The molecule has 2 aromatic heterocycles. The number of nitrogens with zero attached hydrogens (tertiary/aromatic N) is 2. The Bertz CT molecular complexity index is 1320. The van der Waals surface area contributed by atoms with Crippen molar-refractivity contribution in [1.29, 1.82) is 0 Å². The Hall–Kier alpha value is -2.90. The summed E-state index contributed by atoms with van der Waals surface area (Å²) in [5.74, 6) is 1.10. The molecule has 170 valence electrons. The molecule has 7 heteroatoms. The molecule has 2 saturated carbocycles. The molecule has 4 heterocycles. The second kappa shape index (κ2) is 6.58. The number of carbonyl (C=O) groups is 1. The van der Waals surface area contributed by atoms with E-state index in [4.69, 9.17) is 15.2 Å². The van der Waals surface area contributed by atoms with Crippen LogP contribution in [0.25, 0.3) is 11.0 Å². The minimum absolute atomic E-state index is 0.0788. The van der Waals surface area contributed by atoms with Gasteiger partial charge in [-0.05, 0) is 61.3 Å². The van der Waals surface area contributed by atoms with Gasteiger partial charge in [-0.2, -0.15) is 0 Å².